The minimum Gasteiger partial charge on any atom is -0.0654 e. The van der Waals surface area contributed by atoms with Crippen molar-refractivity contribution in [2.24, 2.45) is 0 Å². The van der Waals surface area contributed by atoms with Crippen molar-refractivity contribution in [2.45, 2.75) is 355 Å². The van der Waals surface area contributed by atoms with E-state index >= 15 is 33.7 Å². The third-order valence-electron chi connectivity index (χ3n) is 18.0. The van der Waals surface area contributed by atoms with E-state index in [4.69, 9.17) is 11.1 Å². The quantitative estimate of drug-likeness (QED) is 0.0303. The predicted molar refractivity (Wildman–Crippen MR) is 380 cm³/mol. The van der Waals surface area contributed by atoms with E-state index in [1.165, 1.54) is 203 Å². The van der Waals surface area contributed by atoms with Crippen molar-refractivity contribution in [2.75, 3.05) is 0 Å². The number of benzene rings is 4. The first-order chi connectivity index (χ1) is 45.0. The smallest absolute Gasteiger partial charge is 0.0654 e. The second kappa shape index (κ2) is 48.9. The fourth-order valence-electron chi connectivity index (χ4n) is 12.5. The standard InChI is InChI=1S/4C19H32O3S.Ti/c4*1-2-3-4-5-6-7-8-9-10-11-12-15-18-16-13-14-17-19(18)23(20,21)22;/h4*13-14,16-17H,2-12,15H2,1H3,(H,20,21,22);/q;;;;+4/p-4. The number of unbranched alkanes of at least 4 members (excludes halogenated alkanes) is 40. The SMILES string of the molecule is CCCCCCCCCCCCCc1ccccc1S(=O)(=O)[O][Ti]([O]S(=O)(=O)c1ccccc1CCCCCCCCCCCCC)([O]S(=O)(=O)c1ccccc1CCCCCCCCCCCCC)[O]S(=O)(=O)c1ccccc1CCCCCCCCCCCCC. The molecule has 0 saturated heterocycles. The van der Waals surface area contributed by atoms with Gasteiger partial charge in [0.2, 0.25) is 0 Å². The van der Waals surface area contributed by atoms with E-state index in [1.54, 1.807) is 48.5 Å². The van der Waals surface area contributed by atoms with Crippen LogP contribution < -0.4 is 0 Å². The topological polar surface area (TPSA) is 173 Å². The summed E-state index contributed by atoms with van der Waals surface area (Å²) >= 11 is -7.62. The second-order valence-corrected chi connectivity index (χ2v) is 37.0. The number of hydrogen-bond donors (Lipinski definition) is 0. The maximum absolute atomic E-state index is 15.4. The molecule has 0 heterocycles. The minimum atomic E-state index is -7.62. The van der Waals surface area contributed by atoms with Crippen molar-refractivity contribution in [1.82, 2.24) is 0 Å². The molecule has 17 heteroatoms. The summed E-state index contributed by atoms with van der Waals surface area (Å²) < 4.78 is 147. The van der Waals surface area contributed by atoms with Gasteiger partial charge in [0.1, 0.15) is 0 Å². The summed E-state index contributed by atoms with van der Waals surface area (Å²) in [5, 5.41) is 0. The Balaban J connectivity index is 1.78. The molecule has 0 atom stereocenters. The molecule has 4 aromatic carbocycles. The Bertz CT molecular complexity index is 2650. The van der Waals surface area contributed by atoms with Gasteiger partial charge in [-0.15, -0.1) is 0 Å². The van der Waals surface area contributed by atoms with Crippen LogP contribution in [0.15, 0.2) is 117 Å². The summed E-state index contributed by atoms with van der Waals surface area (Å²) in [6.07, 6.45) is 48.6. The van der Waals surface area contributed by atoms with Gasteiger partial charge in [0.05, 0.1) is 0 Å². The van der Waals surface area contributed by atoms with Gasteiger partial charge in [-0.25, -0.2) is 0 Å². The zero-order chi connectivity index (χ0) is 67.2. The molecule has 0 aliphatic heterocycles. The first-order valence-corrected chi connectivity index (χ1v) is 45.4. The molecule has 4 rings (SSSR count). The van der Waals surface area contributed by atoms with Crippen LogP contribution in [0.4, 0.5) is 0 Å². The van der Waals surface area contributed by atoms with Crippen LogP contribution in [0.3, 0.4) is 0 Å². The summed E-state index contributed by atoms with van der Waals surface area (Å²) in [4.78, 5) is -1.66. The van der Waals surface area contributed by atoms with Gasteiger partial charge in [0, 0.05) is 0 Å². The first-order valence-electron chi connectivity index (χ1n) is 37.2. The molecule has 0 amide bonds. The van der Waals surface area contributed by atoms with Crippen LogP contribution in [-0.4, -0.2) is 33.7 Å². The summed E-state index contributed by atoms with van der Waals surface area (Å²) in [6.45, 7) is 8.85. The molecule has 4 aromatic rings. The van der Waals surface area contributed by atoms with E-state index in [-0.39, 0.29) is 25.7 Å². The summed E-state index contributed by atoms with van der Waals surface area (Å²) in [5.41, 5.74) is 1.24. The van der Waals surface area contributed by atoms with Crippen molar-refractivity contribution in [3.8, 4) is 0 Å². The van der Waals surface area contributed by atoms with Crippen LogP contribution >= 0.6 is 0 Å². The minimum absolute atomic E-state index is 0.276. The number of hydrogen-bond acceptors (Lipinski definition) is 12. The van der Waals surface area contributed by atoms with Crippen molar-refractivity contribution >= 4 is 40.5 Å². The molecule has 528 valence electrons. The van der Waals surface area contributed by atoms with Gasteiger partial charge >= 0.3 is 448 Å². The van der Waals surface area contributed by atoms with Crippen molar-refractivity contribution in [3.05, 3.63) is 119 Å². The number of rotatable bonds is 60. The van der Waals surface area contributed by atoms with E-state index in [1.807, 2.05) is 0 Å². The Morgan fingerprint density at radius 2 is 0.355 bits per heavy atom. The van der Waals surface area contributed by atoms with E-state index in [0.29, 0.717) is 47.9 Å². The molecule has 0 aliphatic rings. The average molecular weight is 1410 g/mol. The summed E-state index contributed by atoms with van der Waals surface area (Å²) in [7, 11) is -21.6. The van der Waals surface area contributed by atoms with Crippen LogP contribution in [0.2, 0.25) is 0 Å². The third kappa shape index (κ3) is 34.0. The Hall–Kier alpha value is -2.77. The fraction of sp³-hybridized carbons (Fsp3) is 0.684. The van der Waals surface area contributed by atoms with E-state index < -0.39 is 78.2 Å². The predicted octanol–water partition coefficient (Wildman–Crippen LogP) is 22.8. The molecule has 0 saturated carbocycles. The Morgan fingerprint density at radius 3 is 0.516 bits per heavy atom. The van der Waals surface area contributed by atoms with Gasteiger partial charge in [-0.05, 0) is 0 Å². The van der Waals surface area contributed by atoms with Crippen molar-refractivity contribution < 1.29 is 62.9 Å². The Kier molecular flexibility index (Phi) is 43.4. The fourth-order valence-corrected chi connectivity index (χ4v) is 26.6. The van der Waals surface area contributed by atoms with Crippen molar-refractivity contribution in [1.29, 1.82) is 0 Å². The number of aryl methyl sites for hydroxylation is 4. The monoisotopic (exact) mass is 1400 g/mol. The van der Waals surface area contributed by atoms with Crippen LogP contribution in [0, 0.1) is 0 Å². The van der Waals surface area contributed by atoms with Gasteiger partial charge in [0.25, 0.3) is 0 Å². The van der Waals surface area contributed by atoms with Gasteiger partial charge in [0.15, 0.2) is 0 Å². The summed E-state index contributed by atoms with van der Waals surface area (Å²) in [5.74, 6) is 0. The molecular formula is C76H124O12S4Ti. The Morgan fingerprint density at radius 1 is 0.215 bits per heavy atom. The van der Waals surface area contributed by atoms with Gasteiger partial charge in [-0.3, -0.25) is 0 Å². The average Bonchev–Trinajstić information content (AvgIpc) is 0.749. The summed E-state index contributed by atoms with van der Waals surface area (Å²) in [6, 6.07) is 24.2. The molecule has 0 fully saturated rings. The molecule has 0 radical (unpaired) electrons. The maximum atomic E-state index is 15.4. The van der Waals surface area contributed by atoms with Crippen LogP contribution in [0.5, 0.6) is 0 Å². The zero-order valence-corrected chi connectivity index (χ0v) is 63.0. The second-order valence-electron chi connectivity index (χ2n) is 26.2. The van der Waals surface area contributed by atoms with E-state index in [2.05, 4.69) is 27.7 Å². The van der Waals surface area contributed by atoms with Gasteiger partial charge < -0.3 is 0 Å². The Labute approximate surface area is 573 Å². The molecule has 0 aliphatic carbocycles. The first kappa shape index (κ1) is 82.7. The molecule has 0 bridgehead atoms. The molecular weight excluding hydrogens is 1280 g/mol. The van der Waals surface area contributed by atoms with E-state index in [0.717, 1.165) is 103 Å². The van der Waals surface area contributed by atoms with Crippen LogP contribution in [0.1, 0.15) is 332 Å². The molecule has 0 spiro atoms. The molecule has 0 unspecified atom stereocenters. The van der Waals surface area contributed by atoms with Crippen LogP contribution in [-0.2, 0) is 95.4 Å². The molecule has 0 N–H and O–H groups in total. The van der Waals surface area contributed by atoms with Crippen LogP contribution in [0.25, 0.3) is 0 Å². The van der Waals surface area contributed by atoms with Gasteiger partial charge in [-0.1, -0.05) is 130 Å². The van der Waals surface area contributed by atoms with Gasteiger partial charge in [-0.2, -0.15) is 0 Å². The normalized spacial score (nSPS) is 12.5. The third-order valence-corrected chi connectivity index (χ3v) is 31.4. The van der Waals surface area contributed by atoms with Crippen molar-refractivity contribution in [3.63, 3.8) is 0 Å². The molecule has 93 heavy (non-hydrogen) atoms. The zero-order valence-electron chi connectivity index (χ0n) is 58.2. The molecule has 12 nitrogen and oxygen atoms in total. The van der Waals surface area contributed by atoms with E-state index in [9.17, 15) is 0 Å². The molecule has 0 aromatic heterocycles.